The molecule has 0 spiro atoms. The minimum Gasteiger partial charge on any atom is -0.383 e. The second-order valence-corrected chi connectivity index (χ2v) is 8.41. The number of nitrogens with one attached hydrogen (secondary N) is 1. The van der Waals surface area contributed by atoms with E-state index < -0.39 is 0 Å². The van der Waals surface area contributed by atoms with E-state index in [1.807, 2.05) is 19.1 Å². The van der Waals surface area contributed by atoms with E-state index in [0.717, 1.165) is 30.6 Å². The number of methoxy groups -OCH3 is 1. The van der Waals surface area contributed by atoms with Crippen molar-refractivity contribution in [1.82, 2.24) is 15.2 Å². The molecule has 1 fully saturated rings. The fraction of sp³-hybridized carbons (Fsp3) is 0.417. The summed E-state index contributed by atoms with van der Waals surface area (Å²) in [6.07, 6.45) is 4.94. The number of carbonyl (C=O) groups is 3. The van der Waals surface area contributed by atoms with Gasteiger partial charge in [0.1, 0.15) is 0 Å². The number of nitrogens with zero attached hydrogens (tertiary/aromatic N) is 3. The van der Waals surface area contributed by atoms with Crippen LogP contribution in [0.4, 0.5) is 5.69 Å². The molecule has 32 heavy (non-hydrogen) atoms. The highest BCUT2D eigenvalue weighted by molar-refractivity contribution is 6.23. The molecule has 8 nitrogen and oxygen atoms in total. The highest BCUT2D eigenvalue weighted by Gasteiger charge is 2.39. The first-order valence-electron chi connectivity index (χ1n) is 10.9. The predicted octanol–water partition coefficient (Wildman–Crippen LogP) is 2.25. The lowest BCUT2D eigenvalue weighted by Crippen LogP contribution is -2.46. The fourth-order valence-corrected chi connectivity index (χ4v) is 4.46. The van der Waals surface area contributed by atoms with Gasteiger partial charge in [0.2, 0.25) is 5.91 Å². The number of carbonyl (C=O) groups excluding carboxylic acids is 3. The molecule has 0 saturated carbocycles. The average molecular weight is 437 g/mol. The number of fused-ring (bicyclic) bond motifs is 1. The van der Waals surface area contributed by atoms with E-state index in [1.165, 1.54) is 4.90 Å². The molecular weight excluding hydrogens is 408 g/mol. The lowest BCUT2D eigenvalue weighted by Gasteiger charge is -2.35. The number of imide groups is 1. The van der Waals surface area contributed by atoms with Crippen molar-refractivity contribution in [2.75, 3.05) is 31.7 Å². The third-order valence-corrected chi connectivity index (χ3v) is 5.98. The molecule has 8 heteroatoms. The predicted molar refractivity (Wildman–Crippen MR) is 119 cm³/mol. The summed E-state index contributed by atoms with van der Waals surface area (Å²) >= 11 is 0. The molecule has 4 rings (SSSR count). The monoisotopic (exact) mass is 436 g/mol. The van der Waals surface area contributed by atoms with Crippen molar-refractivity contribution in [3.63, 3.8) is 0 Å². The van der Waals surface area contributed by atoms with Gasteiger partial charge in [-0.25, -0.2) is 0 Å². The van der Waals surface area contributed by atoms with Crippen LogP contribution in [0.2, 0.25) is 0 Å². The van der Waals surface area contributed by atoms with E-state index in [0.29, 0.717) is 24.3 Å². The molecular formula is C24H28N4O4. The normalized spacial score (nSPS) is 19.1. The molecule has 0 aliphatic carbocycles. The molecule has 168 valence electrons. The maximum absolute atomic E-state index is 13.3. The Morgan fingerprint density at radius 3 is 2.84 bits per heavy atom. The molecule has 0 bridgehead atoms. The number of hydrogen-bond acceptors (Lipinski definition) is 6. The second-order valence-electron chi connectivity index (χ2n) is 8.41. The van der Waals surface area contributed by atoms with E-state index in [1.54, 1.807) is 37.7 Å². The molecule has 3 heterocycles. The van der Waals surface area contributed by atoms with Crippen molar-refractivity contribution in [2.45, 2.75) is 32.4 Å². The molecule has 2 aliphatic heterocycles. The maximum atomic E-state index is 13.3. The summed E-state index contributed by atoms with van der Waals surface area (Å²) in [6, 6.07) is 8.93. The molecule has 1 saturated heterocycles. The SMILES string of the molecule is COC[C@@H](C)NC(=O)[C@@H]1CCCN(c2cccc3c2C(=O)N(Cc2cccnc2)C3=O)C1. The van der Waals surface area contributed by atoms with Crippen LogP contribution < -0.4 is 10.2 Å². The number of aromatic nitrogens is 1. The van der Waals surface area contributed by atoms with E-state index >= 15 is 0 Å². The average Bonchev–Trinajstić information content (AvgIpc) is 3.05. The van der Waals surface area contributed by atoms with E-state index in [4.69, 9.17) is 4.74 Å². The minimum absolute atomic E-state index is 0.00701. The Labute approximate surface area is 187 Å². The maximum Gasteiger partial charge on any atom is 0.263 e. The van der Waals surface area contributed by atoms with Crippen LogP contribution in [0.1, 0.15) is 46.0 Å². The largest absolute Gasteiger partial charge is 0.383 e. The Kier molecular flexibility index (Phi) is 6.50. The highest BCUT2D eigenvalue weighted by Crippen LogP contribution is 2.34. The Bertz CT molecular complexity index is 1010. The van der Waals surface area contributed by atoms with Gasteiger partial charge in [-0.1, -0.05) is 12.1 Å². The van der Waals surface area contributed by atoms with Gasteiger partial charge in [0.25, 0.3) is 11.8 Å². The summed E-state index contributed by atoms with van der Waals surface area (Å²) in [7, 11) is 1.61. The van der Waals surface area contributed by atoms with Crippen LogP contribution in [-0.2, 0) is 16.1 Å². The number of amides is 3. The van der Waals surface area contributed by atoms with E-state index in [-0.39, 0.29) is 36.2 Å². The van der Waals surface area contributed by atoms with Crippen LogP contribution >= 0.6 is 0 Å². The zero-order chi connectivity index (χ0) is 22.7. The molecule has 0 unspecified atom stereocenters. The highest BCUT2D eigenvalue weighted by atomic mass is 16.5. The number of piperidine rings is 1. The van der Waals surface area contributed by atoms with Gasteiger partial charge >= 0.3 is 0 Å². The third kappa shape index (κ3) is 4.36. The Morgan fingerprint density at radius 1 is 1.25 bits per heavy atom. The van der Waals surface area contributed by atoms with Gasteiger partial charge < -0.3 is 15.0 Å². The first-order valence-corrected chi connectivity index (χ1v) is 10.9. The van der Waals surface area contributed by atoms with Crippen molar-refractivity contribution < 1.29 is 19.1 Å². The Hall–Kier alpha value is -3.26. The topological polar surface area (TPSA) is 91.8 Å². The Balaban J connectivity index is 1.54. The number of benzene rings is 1. The summed E-state index contributed by atoms with van der Waals surface area (Å²) in [4.78, 5) is 46.4. The summed E-state index contributed by atoms with van der Waals surface area (Å²) in [5.74, 6) is -0.787. The molecule has 1 aromatic carbocycles. The first kappa shape index (κ1) is 22.0. The zero-order valence-electron chi connectivity index (χ0n) is 18.4. The number of hydrogen-bond donors (Lipinski definition) is 1. The summed E-state index contributed by atoms with van der Waals surface area (Å²) < 4.78 is 5.10. The molecule has 0 radical (unpaired) electrons. The third-order valence-electron chi connectivity index (χ3n) is 5.98. The van der Waals surface area contributed by atoms with Gasteiger partial charge in [-0.15, -0.1) is 0 Å². The van der Waals surface area contributed by atoms with Crippen molar-refractivity contribution in [3.05, 3.63) is 59.4 Å². The smallest absolute Gasteiger partial charge is 0.263 e. The summed E-state index contributed by atoms with van der Waals surface area (Å²) in [5, 5.41) is 3.00. The van der Waals surface area contributed by atoms with Crippen LogP contribution in [-0.4, -0.2) is 60.5 Å². The van der Waals surface area contributed by atoms with Gasteiger partial charge in [0, 0.05) is 38.6 Å². The van der Waals surface area contributed by atoms with Crippen molar-refractivity contribution in [3.8, 4) is 0 Å². The van der Waals surface area contributed by atoms with Gasteiger partial charge in [0.05, 0.1) is 35.9 Å². The van der Waals surface area contributed by atoms with Gasteiger partial charge in [0.15, 0.2) is 0 Å². The molecule has 1 N–H and O–H groups in total. The van der Waals surface area contributed by atoms with E-state index in [9.17, 15) is 14.4 Å². The first-order chi connectivity index (χ1) is 15.5. The number of anilines is 1. The van der Waals surface area contributed by atoms with Crippen molar-refractivity contribution in [1.29, 1.82) is 0 Å². The van der Waals surface area contributed by atoms with Crippen molar-refractivity contribution >= 4 is 23.4 Å². The lowest BCUT2D eigenvalue weighted by atomic mass is 9.95. The van der Waals surface area contributed by atoms with Crippen LogP contribution in [0.15, 0.2) is 42.7 Å². The van der Waals surface area contributed by atoms with Crippen molar-refractivity contribution in [2.24, 2.45) is 5.92 Å². The Morgan fingerprint density at radius 2 is 2.09 bits per heavy atom. The van der Waals surface area contributed by atoms with Crippen LogP contribution in [0.25, 0.3) is 0 Å². The van der Waals surface area contributed by atoms with Crippen LogP contribution in [0, 0.1) is 5.92 Å². The molecule has 1 aromatic heterocycles. The molecule has 2 aromatic rings. The number of pyridine rings is 1. The second kappa shape index (κ2) is 9.48. The van der Waals surface area contributed by atoms with Gasteiger partial charge in [-0.3, -0.25) is 24.3 Å². The zero-order valence-corrected chi connectivity index (χ0v) is 18.4. The standard InChI is InChI=1S/C24H28N4O4/c1-16(15-32-2)26-22(29)18-7-5-11-27(14-18)20-9-3-8-19-21(20)24(31)28(23(19)30)13-17-6-4-10-25-12-17/h3-4,6,8-10,12,16,18H,5,7,11,13-15H2,1-2H3,(H,26,29)/t16-,18-/m1/s1. The number of rotatable bonds is 7. The quantitative estimate of drug-likeness (QED) is 0.670. The lowest BCUT2D eigenvalue weighted by molar-refractivity contribution is -0.126. The number of ether oxygens (including phenoxy) is 1. The molecule has 3 amide bonds. The van der Waals surface area contributed by atoms with Gasteiger partial charge in [-0.2, -0.15) is 0 Å². The summed E-state index contributed by atoms with van der Waals surface area (Å²) in [6.45, 7) is 3.79. The van der Waals surface area contributed by atoms with Gasteiger partial charge in [-0.05, 0) is 43.5 Å². The van der Waals surface area contributed by atoms with E-state index in [2.05, 4.69) is 15.2 Å². The molecule has 2 atom stereocenters. The van der Waals surface area contributed by atoms with Crippen LogP contribution in [0.5, 0.6) is 0 Å². The fourth-order valence-electron chi connectivity index (χ4n) is 4.46. The summed E-state index contributed by atoms with van der Waals surface area (Å²) in [5.41, 5.74) is 2.35. The van der Waals surface area contributed by atoms with Crippen LogP contribution in [0.3, 0.4) is 0 Å². The molecule has 2 aliphatic rings. The minimum atomic E-state index is -0.301.